The van der Waals surface area contributed by atoms with Gasteiger partial charge in [-0.05, 0) is 32.2 Å². The van der Waals surface area contributed by atoms with Crippen LogP contribution in [0.5, 0.6) is 0 Å². The van der Waals surface area contributed by atoms with E-state index in [0.717, 1.165) is 19.3 Å². The average molecular weight is 222 g/mol. The second-order valence-corrected chi connectivity index (χ2v) is 4.44. The van der Waals surface area contributed by atoms with E-state index in [0.29, 0.717) is 25.6 Å². The molecule has 1 aliphatic rings. The molecule has 1 amide bonds. The highest BCUT2D eigenvalue weighted by molar-refractivity contribution is 5.79. The van der Waals surface area contributed by atoms with Crippen molar-refractivity contribution < 1.29 is 4.79 Å². The minimum absolute atomic E-state index is 0.104. The molecule has 0 radical (unpaired) electrons. The number of rotatable bonds is 4. The maximum atomic E-state index is 12.3. The van der Waals surface area contributed by atoms with Crippen LogP contribution in [0.25, 0.3) is 0 Å². The molecule has 0 aromatic carbocycles. The summed E-state index contributed by atoms with van der Waals surface area (Å²) in [6.07, 6.45) is 9.67. The summed E-state index contributed by atoms with van der Waals surface area (Å²) >= 11 is 0. The molecule has 1 aliphatic carbocycles. The zero-order chi connectivity index (χ0) is 12.0. The molecule has 1 rings (SSSR count). The molecule has 0 spiro atoms. The molecule has 2 atom stereocenters. The summed E-state index contributed by atoms with van der Waals surface area (Å²) in [6, 6.07) is 0. The number of hydrogen-bond donors (Lipinski definition) is 1. The van der Waals surface area contributed by atoms with Gasteiger partial charge in [0.15, 0.2) is 0 Å². The quantitative estimate of drug-likeness (QED) is 0.727. The van der Waals surface area contributed by atoms with Crippen LogP contribution in [0.3, 0.4) is 0 Å². The lowest BCUT2D eigenvalue weighted by atomic mass is 9.78. The monoisotopic (exact) mass is 222 g/mol. The Labute approximate surface area is 98.4 Å². The largest absolute Gasteiger partial charge is 0.332 e. The van der Waals surface area contributed by atoms with Gasteiger partial charge in [0, 0.05) is 12.5 Å². The first kappa shape index (κ1) is 13.1. The Morgan fingerprint density at radius 3 is 2.75 bits per heavy atom. The van der Waals surface area contributed by atoms with E-state index in [1.165, 1.54) is 6.42 Å². The van der Waals surface area contributed by atoms with E-state index in [-0.39, 0.29) is 11.8 Å². The predicted octanol–water partition coefficient (Wildman–Crippen LogP) is 1.23. The van der Waals surface area contributed by atoms with Gasteiger partial charge in [-0.1, -0.05) is 18.8 Å². The maximum Gasteiger partial charge on any atom is 0.226 e. The molecule has 0 bridgehead atoms. The van der Waals surface area contributed by atoms with Gasteiger partial charge < -0.3 is 10.6 Å². The van der Waals surface area contributed by atoms with Crippen molar-refractivity contribution in [3.63, 3.8) is 0 Å². The molecule has 0 heterocycles. The highest BCUT2D eigenvalue weighted by Gasteiger charge is 2.32. The summed E-state index contributed by atoms with van der Waals surface area (Å²) in [4.78, 5) is 14.0. The van der Waals surface area contributed by atoms with Crippen molar-refractivity contribution in [3.8, 4) is 12.3 Å². The molecule has 0 aliphatic heterocycles. The van der Waals surface area contributed by atoms with Gasteiger partial charge in [-0.25, -0.2) is 0 Å². The average Bonchev–Trinajstić information content (AvgIpc) is 2.35. The SMILES string of the molecule is C#CCN(CC)C(=O)C1CCCCC1CN. The van der Waals surface area contributed by atoms with Crippen molar-refractivity contribution in [1.29, 1.82) is 0 Å². The normalized spacial score (nSPS) is 24.8. The zero-order valence-corrected chi connectivity index (χ0v) is 10.1. The Morgan fingerprint density at radius 2 is 2.19 bits per heavy atom. The fraction of sp³-hybridized carbons (Fsp3) is 0.769. The highest BCUT2D eigenvalue weighted by atomic mass is 16.2. The number of nitrogens with two attached hydrogens (primary N) is 1. The summed E-state index contributed by atoms with van der Waals surface area (Å²) in [5, 5.41) is 0. The number of nitrogens with zero attached hydrogens (tertiary/aromatic N) is 1. The van der Waals surface area contributed by atoms with Crippen LogP contribution in [-0.4, -0.2) is 30.4 Å². The molecular formula is C13H22N2O. The first-order valence-electron chi connectivity index (χ1n) is 6.16. The topological polar surface area (TPSA) is 46.3 Å². The molecule has 90 valence electrons. The van der Waals surface area contributed by atoms with Gasteiger partial charge in [-0.2, -0.15) is 0 Å². The van der Waals surface area contributed by atoms with Crippen molar-refractivity contribution in [2.24, 2.45) is 17.6 Å². The van der Waals surface area contributed by atoms with Crippen LogP contribution in [0.15, 0.2) is 0 Å². The van der Waals surface area contributed by atoms with Crippen LogP contribution >= 0.6 is 0 Å². The third-order valence-corrected chi connectivity index (χ3v) is 3.50. The molecule has 1 fully saturated rings. The van der Waals surface area contributed by atoms with Crippen molar-refractivity contribution in [2.45, 2.75) is 32.6 Å². The number of terminal acetylenes is 1. The standard InChI is InChI=1S/C13H22N2O/c1-3-9-15(4-2)13(16)12-8-6-5-7-11(12)10-14/h1,11-12H,4-10,14H2,2H3. The predicted molar refractivity (Wildman–Crippen MR) is 65.6 cm³/mol. The van der Waals surface area contributed by atoms with E-state index in [9.17, 15) is 4.79 Å². The summed E-state index contributed by atoms with van der Waals surface area (Å²) < 4.78 is 0. The highest BCUT2D eigenvalue weighted by Crippen LogP contribution is 2.30. The van der Waals surface area contributed by atoms with Gasteiger partial charge in [-0.3, -0.25) is 4.79 Å². The Morgan fingerprint density at radius 1 is 1.50 bits per heavy atom. The van der Waals surface area contributed by atoms with Gasteiger partial charge in [0.2, 0.25) is 5.91 Å². The van der Waals surface area contributed by atoms with Crippen LogP contribution in [-0.2, 0) is 4.79 Å². The third-order valence-electron chi connectivity index (χ3n) is 3.50. The zero-order valence-electron chi connectivity index (χ0n) is 10.1. The second kappa shape index (κ2) is 6.55. The molecule has 0 saturated heterocycles. The lowest BCUT2D eigenvalue weighted by Crippen LogP contribution is -2.42. The molecular weight excluding hydrogens is 200 g/mol. The summed E-state index contributed by atoms with van der Waals surface area (Å²) in [5.74, 6) is 3.21. The molecule has 3 nitrogen and oxygen atoms in total. The lowest BCUT2D eigenvalue weighted by Gasteiger charge is -2.33. The lowest BCUT2D eigenvalue weighted by molar-refractivity contribution is -0.137. The van der Waals surface area contributed by atoms with Gasteiger partial charge in [0.25, 0.3) is 0 Å². The first-order valence-corrected chi connectivity index (χ1v) is 6.16. The van der Waals surface area contributed by atoms with E-state index in [1.54, 1.807) is 4.90 Å². The van der Waals surface area contributed by atoms with Crippen LogP contribution in [0.1, 0.15) is 32.6 Å². The van der Waals surface area contributed by atoms with Crippen LogP contribution in [0, 0.1) is 24.2 Å². The Hall–Kier alpha value is -1.01. The van der Waals surface area contributed by atoms with E-state index >= 15 is 0 Å². The third kappa shape index (κ3) is 2.99. The molecule has 2 N–H and O–H groups in total. The Kier molecular flexibility index (Phi) is 5.34. The van der Waals surface area contributed by atoms with Crippen molar-refractivity contribution in [3.05, 3.63) is 0 Å². The van der Waals surface area contributed by atoms with Crippen LogP contribution < -0.4 is 5.73 Å². The first-order chi connectivity index (χ1) is 7.74. The second-order valence-electron chi connectivity index (χ2n) is 4.44. The van der Waals surface area contributed by atoms with Gasteiger partial charge in [-0.15, -0.1) is 6.42 Å². The summed E-state index contributed by atoms with van der Waals surface area (Å²) in [7, 11) is 0. The maximum absolute atomic E-state index is 12.3. The molecule has 0 aromatic rings. The minimum Gasteiger partial charge on any atom is -0.332 e. The van der Waals surface area contributed by atoms with E-state index < -0.39 is 0 Å². The van der Waals surface area contributed by atoms with Gasteiger partial charge in [0.1, 0.15) is 0 Å². The van der Waals surface area contributed by atoms with E-state index in [4.69, 9.17) is 12.2 Å². The Bertz CT molecular complexity index is 270. The molecule has 1 saturated carbocycles. The molecule has 0 aromatic heterocycles. The minimum atomic E-state index is 0.104. The van der Waals surface area contributed by atoms with E-state index in [2.05, 4.69) is 5.92 Å². The number of carbonyl (C=O) groups excluding carboxylic acids is 1. The molecule has 2 unspecified atom stereocenters. The van der Waals surface area contributed by atoms with Crippen LogP contribution in [0.4, 0.5) is 0 Å². The summed E-state index contributed by atoms with van der Waals surface area (Å²) in [5.41, 5.74) is 5.74. The summed E-state index contributed by atoms with van der Waals surface area (Å²) in [6.45, 7) is 3.69. The number of amides is 1. The van der Waals surface area contributed by atoms with Gasteiger partial charge >= 0.3 is 0 Å². The van der Waals surface area contributed by atoms with Crippen LogP contribution in [0.2, 0.25) is 0 Å². The van der Waals surface area contributed by atoms with E-state index in [1.807, 2.05) is 6.92 Å². The fourth-order valence-corrected chi connectivity index (χ4v) is 2.51. The Balaban J connectivity index is 2.65. The fourth-order valence-electron chi connectivity index (χ4n) is 2.51. The molecule has 3 heteroatoms. The number of hydrogen-bond acceptors (Lipinski definition) is 2. The van der Waals surface area contributed by atoms with Crippen molar-refractivity contribution >= 4 is 5.91 Å². The molecule has 16 heavy (non-hydrogen) atoms. The van der Waals surface area contributed by atoms with Crippen molar-refractivity contribution in [1.82, 2.24) is 4.90 Å². The smallest absolute Gasteiger partial charge is 0.226 e. The number of carbonyl (C=O) groups is 1. The van der Waals surface area contributed by atoms with Gasteiger partial charge in [0.05, 0.1) is 6.54 Å². The van der Waals surface area contributed by atoms with Crippen molar-refractivity contribution in [2.75, 3.05) is 19.6 Å².